The molecule has 3 rings (SSSR count). The summed E-state index contributed by atoms with van der Waals surface area (Å²) in [7, 11) is 0. The fourth-order valence-corrected chi connectivity index (χ4v) is 2.73. The van der Waals surface area contributed by atoms with Crippen molar-refractivity contribution in [2.24, 2.45) is 0 Å². The van der Waals surface area contributed by atoms with Crippen LogP contribution in [0.25, 0.3) is 5.69 Å². The number of nitrogens with zero attached hydrogens (tertiary/aromatic N) is 1. The lowest BCUT2D eigenvalue weighted by atomic mass is 10.1. The van der Waals surface area contributed by atoms with Gasteiger partial charge in [0.05, 0.1) is 27.5 Å². The molecule has 0 radical (unpaired) electrons. The predicted molar refractivity (Wildman–Crippen MR) is 90.2 cm³/mol. The van der Waals surface area contributed by atoms with Gasteiger partial charge < -0.3 is 9.88 Å². The van der Waals surface area contributed by atoms with Gasteiger partial charge in [0.1, 0.15) is 0 Å². The summed E-state index contributed by atoms with van der Waals surface area (Å²) in [6.45, 7) is 0. The van der Waals surface area contributed by atoms with Crippen molar-refractivity contribution in [3.63, 3.8) is 0 Å². The van der Waals surface area contributed by atoms with E-state index in [1.807, 2.05) is 12.1 Å². The zero-order valence-corrected chi connectivity index (χ0v) is 13.5. The molecule has 0 aliphatic carbocycles. The molecule has 1 heterocycles. The first-order valence-corrected chi connectivity index (χ1v) is 7.65. The maximum atomic E-state index is 12.9. The van der Waals surface area contributed by atoms with Gasteiger partial charge in [0.15, 0.2) is 0 Å². The summed E-state index contributed by atoms with van der Waals surface area (Å²) in [6.07, 6.45) is -1.04. The Morgan fingerprint density at radius 2 is 1.64 bits per heavy atom. The smallest absolute Gasteiger partial charge is 0.322 e. The minimum Gasteiger partial charge on any atom is -0.322 e. The van der Waals surface area contributed by atoms with Crippen LogP contribution in [0.5, 0.6) is 0 Å². The van der Waals surface area contributed by atoms with E-state index in [1.54, 1.807) is 41.2 Å². The molecule has 0 saturated heterocycles. The first-order chi connectivity index (χ1) is 11.9. The molecule has 7 heteroatoms. The van der Waals surface area contributed by atoms with Crippen molar-refractivity contribution in [3.05, 3.63) is 83.1 Å². The molecule has 2 aromatic carbocycles. The van der Waals surface area contributed by atoms with Gasteiger partial charge in [-0.3, -0.25) is 4.79 Å². The van der Waals surface area contributed by atoms with Gasteiger partial charge in [-0.2, -0.15) is 13.2 Å². The number of halogens is 4. The van der Waals surface area contributed by atoms with Crippen LogP contribution in [0.1, 0.15) is 15.9 Å². The lowest BCUT2D eigenvalue weighted by molar-refractivity contribution is -0.137. The summed E-state index contributed by atoms with van der Waals surface area (Å²) in [5.74, 6) is -0.712. The lowest BCUT2D eigenvalue weighted by Gasteiger charge is -2.14. The Morgan fingerprint density at radius 1 is 0.960 bits per heavy atom. The average molecular weight is 365 g/mol. The monoisotopic (exact) mass is 364 g/mol. The van der Waals surface area contributed by atoms with E-state index in [0.29, 0.717) is 11.4 Å². The number of alkyl halides is 3. The van der Waals surface area contributed by atoms with Crippen molar-refractivity contribution >= 4 is 23.2 Å². The number of aromatic nitrogens is 1. The number of hydrogen-bond acceptors (Lipinski definition) is 1. The van der Waals surface area contributed by atoms with Gasteiger partial charge in [0, 0.05) is 12.4 Å². The first-order valence-electron chi connectivity index (χ1n) is 7.27. The van der Waals surface area contributed by atoms with Crippen LogP contribution in [0, 0.1) is 0 Å². The molecule has 0 unspecified atom stereocenters. The highest BCUT2D eigenvalue weighted by Gasteiger charge is 2.34. The molecule has 25 heavy (non-hydrogen) atoms. The Balaban J connectivity index is 1.95. The molecule has 0 saturated carbocycles. The molecular weight excluding hydrogens is 353 g/mol. The third kappa shape index (κ3) is 3.53. The highest BCUT2D eigenvalue weighted by molar-refractivity contribution is 6.35. The van der Waals surface area contributed by atoms with Gasteiger partial charge in [0.25, 0.3) is 5.91 Å². The zero-order chi connectivity index (χ0) is 18.0. The predicted octanol–water partition coefficient (Wildman–Crippen LogP) is 5.40. The number of carbonyl (C=O) groups excluding carboxylic acids is 1. The van der Waals surface area contributed by atoms with E-state index in [9.17, 15) is 18.0 Å². The summed E-state index contributed by atoms with van der Waals surface area (Å²) < 4.78 is 40.6. The summed E-state index contributed by atoms with van der Waals surface area (Å²) in [4.78, 5) is 12.5. The van der Waals surface area contributed by atoms with Crippen LogP contribution < -0.4 is 5.32 Å². The van der Waals surface area contributed by atoms with Crippen LogP contribution in [0.4, 0.5) is 18.9 Å². The molecule has 3 nitrogen and oxygen atoms in total. The molecule has 0 fully saturated rings. The van der Waals surface area contributed by atoms with E-state index in [1.165, 1.54) is 6.07 Å². The normalized spacial score (nSPS) is 11.4. The second-order valence-corrected chi connectivity index (χ2v) is 5.60. The minimum atomic E-state index is -4.63. The number of rotatable bonds is 3. The number of amides is 1. The Hall–Kier alpha value is -2.73. The van der Waals surface area contributed by atoms with Gasteiger partial charge in [-0.15, -0.1) is 0 Å². The molecule has 0 atom stereocenters. The zero-order valence-electron chi connectivity index (χ0n) is 12.7. The van der Waals surface area contributed by atoms with Crippen LogP contribution in [-0.4, -0.2) is 10.5 Å². The standard InChI is InChI=1S/C18H12ClF3N2O/c19-16-12(6-5-7-13(16)18(20,21)22)17(25)23-14-8-1-2-9-15(14)24-10-3-4-11-24/h1-11H,(H,23,25). The van der Waals surface area contributed by atoms with Crippen LogP contribution >= 0.6 is 11.6 Å². The van der Waals surface area contributed by atoms with Crippen molar-refractivity contribution in [1.82, 2.24) is 4.57 Å². The Labute approximate surface area is 146 Å². The third-order valence-corrected chi connectivity index (χ3v) is 3.99. The fourth-order valence-electron chi connectivity index (χ4n) is 2.42. The summed E-state index contributed by atoms with van der Waals surface area (Å²) >= 11 is 5.81. The van der Waals surface area contributed by atoms with E-state index >= 15 is 0 Å². The summed E-state index contributed by atoms with van der Waals surface area (Å²) in [5.41, 5.74) is -0.138. The van der Waals surface area contributed by atoms with Gasteiger partial charge in [-0.1, -0.05) is 29.8 Å². The van der Waals surface area contributed by atoms with Crippen LogP contribution in [0.15, 0.2) is 67.0 Å². The van der Waals surface area contributed by atoms with Crippen LogP contribution in [0.3, 0.4) is 0 Å². The van der Waals surface area contributed by atoms with Crippen LogP contribution in [-0.2, 0) is 6.18 Å². The Morgan fingerprint density at radius 3 is 2.32 bits per heavy atom. The molecular formula is C18H12ClF3N2O. The summed E-state index contributed by atoms with van der Waals surface area (Å²) in [5, 5.41) is 2.00. The summed E-state index contributed by atoms with van der Waals surface area (Å²) in [6, 6.07) is 13.8. The molecule has 0 aliphatic heterocycles. The quantitative estimate of drug-likeness (QED) is 0.663. The number of anilines is 1. The average Bonchev–Trinajstić information content (AvgIpc) is 3.08. The second kappa shape index (κ2) is 6.64. The van der Waals surface area contributed by atoms with Gasteiger partial charge in [-0.05, 0) is 36.4 Å². The largest absolute Gasteiger partial charge is 0.417 e. The van der Waals surface area contributed by atoms with Crippen molar-refractivity contribution in [1.29, 1.82) is 0 Å². The molecule has 0 spiro atoms. The van der Waals surface area contributed by atoms with E-state index < -0.39 is 22.7 Å². The number of para-hydroxylation sites is 2. The van der Waals surface area contributed by atoms with E-state index in [-0.39, 0.29) is 5.56 Å². The number of nitrogens with one attached hydrogen (secondary N) is 1. The highest BCUT2D eigenvalue weighted by Crippen LogP contribution is 2.36. The highest BCUT2D eigenvalue weighted by atomic mass is 35.5. The maximum absolute atomic E-state index is 12.9. The Bertz CT molecular complexity index is 905. The SMILES string of the molecule is O=C(Nc1ccccc1-n1cccc1)c1cccc(C(F)(F)F)c1Cl. The molecule has 0 bridgehead atoms. The minimum absolute atomic E-state index is 0.237. The second-order valence-electron chi connectivity index (χ2n) is 5.23. The Kier molecular flexibility index (Phi) is 4.55. The van der Waals surface area contributed by atoms with Crippen molar-refractivity contribution in [2.45, 2.75) is 6.18 Å². The topological polar surface area (TPSA) is 34.0 Å². The van der Waals surface area contributed by atoms with Crippen molar-refractivity contribution < 1.29 is 18.0 Å². The molecule has 1 N–H and O–H groups in total. The third-order valence-electron chi connectivity index (χ3n) is 3.58. The number of hydrogen-bond donors (Lipinski definition) is 1. The molecule has 3 aromatic rings. The number of benzene rings is 2. The molecule has 128 valence electrons. The number of carbonyl (C=O) groups is 1. The molecule has 1 amide bonds. The van der Waals surface area contributed by atoms with E-state index in [0.717, 1.165) is 12.1 Å². The van der Waals surface area contributed by atoms with Gasteiger partial charge >= 0.3 is 6.18 Å². The van der Waals surface area contributed by atoms with Gasteiger partial charge in [-0.25, -0.2) is 0 Å². The van der Waals surface area contributed by atoms with Crippen molar-refractivity contribution in [3.8, 4) is 5.69 Å². The van der Waals surface area contributed by atoms with Crippen molar-refractivity contribution in [2.75, 3.05) is 5.32 Å². The van der Waals surface area contributed by atoms with Gasteiger partial charge in [0.2, 0.25) is 0 Å². The van der Waals surface area contributed by atoms with E-state index in [2.05, 4.69) is 5.32 Å². The molecule has 1 aromatic heterocycles. The molecule has 0 aliphatic rings. The lowest BCUT2D eigenvalue weighted by Crippen LogP contribution is -2.16. The first kappa shape index (κ1) is 17.1. The fraction of sp³-hybridized carbons (Fsp3) is 0.0556. The van der Waals surface area contributed by atoms with E-state index in [4.69, 9.17) is 11.6 Å². The maximum Gasteiger partial charge on any atom is 0.417 e. The van der Waals surface area contributed by atoms with Crippen LogP contribution in [0.2, 0.25) is 5.02 Å².